The summed E-state index contributed by atoms with van der Waals surface area (Å²) < 4.78 is 5.21. The maximum atomic E-state index is 5.74. The molecule has 1 aromatic rings. The highest BCUT2D eigenvalue weighted by Crippen LogP contribution is 2.27. The summed E-state index contributed by atoms with van der Waals surface area (Å²) in [7, 11) is 1.73. The van der Waals surface area contributed by atoms with Gasteiger partial charge in [0.25, 0.3) is 0 Å². The van der Waals surface area contributed by atoms with Crippen LogP contribution in [0.15, 0.2) is 0 Å². The maximum absolute atomic E-state index is 5.74. The summed E-state index contributed by atoms with van der Waals surface area (Å²) >= 11 is 1.71. The SMILES string of the molecule is CCc1nc(N(CC)C(C)COC)sc1CN. The van der Waals surface area contributed by atoms with Crippen LogP contribution in [0.25, 0.3) is 0 Å². The smallest absolute Gasteiger partial charge is 0.186 e. The molecule has 1 rings (SSSR count). The molecule has 0 aromatic carbocycles. The first kappa shape index (κ1) is 14.4. The molecule has 0 saturated carbocycles. The van der Waals surface area contributed by atoms with Crippen molar-refractivity contribution in [3.63, 3.8) is 0 Å². The molecule has 98 valence electrons. The van der Waals surface area contributed by atoms with E-state index in [0.717, 1.165) is 23.8 Å². The van der Waals surface area contributed by atoms with Gasteiger partial charge in [-0.25, -0.2) is 4.98 Å². The fourth-order valence-electron chi connectivity index (χ4n) is 1.89. The van der Waals surface area contributed by atoms with Gasteiger partial charge in [-0.15, -0.1) is 11.3 Å². The third-order valence-electron chi connectivity index (χ3n) is 2.81. The molecular weight excluding hydrogens is 234 g/mol. The van der Waals surface area contributed by atoms with Crippen LogP contribution >= 0.6 is 11.3 Å². The summed E-state index contributed by atoms with van der Waals surface area (Å²) in [5.74, 6) is 0. The number of hydrogen-bond acceptors (Lipinski definition) is 5. The Bertz CT molecular complexity index is 319. The number of anilines is 1. The molecule has 0 spiro atoms. The number of aryl methyl sites for hydroxylation is 1. The molecule has 0 aliphatic heterocycles. The molecule has 1 unspecified atom stereocenters. The van der Waals surface area contributed by atoms with Gasteiger partial charge in [0.05, 0.1) is 18.3 Å². The predicted molar refractivity (Wildman–Crippen MR) is 73.7 cm³/mol. The van der Waals surface area contributed by atoms with Crippen LogP contribution in [0.4, 0.5) is 5.13 Å². The van der Waals surface area contributed by atoms with Crippen molar-refractivity contribution in [2.75, 3.05) is 25.2 Å². The molecule has 0 saturated heterocycles. The topological polar surface area (TPSA) is 51.4 Å². The minimum Gasteiger partial charge on any atom is -0.383 e. The van der Waals surface area contributed by atoms with Crippen molar-refractivity contribution in [1.82, 2.24) is 4.98 Å². The Morgan fingerprint density at radius 2 is 2.18 bits per heavy atom. The average molecular weight is 257 g/mol. The normalized spacial score (nSPS) is 12.8. The lowest BCUT2D eigenvalue weighted by Crippen LogP contribution is -2.36. The highest BCUT2D eigenvalue weighted by Gasteiger charge is 2.18. The quantitative estimate of drug-likeness (QED) is 0.812. The van der Waals surface area contributed by atoms with Crippen LogP contribution in [-0.4, -0.2) is 31.3 Å². The predicted octanol–water partition coefficient (Wildman–Crippen LogP) is 2.03. The van der Waals surface area contributed by atoms with Crippen LogP contribution in [0.5, 0.6) is 0 Å². The lowest BCUT2D eigenvalue weighted by molar-refractivity contribution is 0.182. The summed E-state index contributed by atoms with van der Waals surface area (Å²) in [6.45, 7) is 8.64. The van der Waals surface area contributed by atoms with Gasteiger partial charge < -0.3 is 15.4 Å². The minimum absolute atomic E-state index is 0.339. The third-order valence-corrected chi connectivity index (χ3v) is 3.97. The van der Waals surface area contributed by atoms with Gasteiger partial charge in [-0.3, -0.25) is 0 Å². The van der Waals surface area contributed by atoms with E-state index >= 15 is 0 Å². The standard InChI is InChI=1S/C12H23N3OS/c1-5-10-11(7-13)17-12(14-10)15(6-2)9(3)8-16-4/h9H,5-8,13H2,1-4H3. The zero-order valence-electron chi connectivity index (χ0n) is 11.2. The highest BCUT2D eigenvalue weighted by molar-refractivity contribution is 7.15. The van der Waals surface area contributed by atoms with Gasteiger partial charge in [0.1, 0.15) is 0 Å². The number of thiazole rings is 1. The third kappa shape index (κ3) is 3.40. The molecule has 1 aromatic heterocycles. The second kappa shape index (κ2) is 6.93. The van der Waals surface area contributed by atoms with Gasteiger partial charge in [-0.05, 0) is 20.3 Å². The second-order valence-electron chi connectivity index (χ2n) is 4.01. The van der Waals surface area contributed by atoms with Crippen molar-refractivity contribution < 1.29 is 4.74 Å². The number of aromatic nitrogens is 1. The van der Waals surface area contributed by atoms with Crippen LogP contribution in [0.1, 0.15) is 31.3 Å². The first-order chi connectivity index (χ1) is 8.17. The van der Waals surface area contributed by atoms with Crippen LogP contribution in [0.3, 0.4) is 0 Å². The Hall–Kier alpha value is -0.650. The van der Waals surface area contributed by atoms with E-state index in [0.29, 0.717) is 19.2 Å². The monoisotopic (exact) mass is 257 g/mol. The molecule has 0 amide bonds. The number of rotatable bonds is 7. The molecule has 0 radical (unpaired) electrons. The van der Waals surface area contributed by atoms with E-state index in [9.17, 15) is 0 Å². The van der Waals surface area contributed by atoms with Crippen LogP contribution < -0.4 is 10.6 Å². The van der Waals surface area contributed by atoms with E-state index in [1.807, 2.05) is 0 Å². The van der Waals surface area contributed by atoms with Crippen molar-refractivity contribution in [3.8, 4) is 0 Å². The Labute approximate surface area is 108 Å². The van der Waals surface area contributed by atoms with E-state index in [2.05, 4.69) is 30.7 Å². The number of likely N-dealkylation sites (N-methyl/N-ethyl adjacent to an activating group) is 1. The van der Waals surface area contributed by atoms with Crippen molar-refractivity contribution >= 4 is 16.5 Å². The molecule has 0 aliphatic rings. The summed E-state index contributed by atoms with van der Waals surface area (Å²) in [6.07, 6.45) is 0.944. The zero-order chi connectivity index (χ0) is 12.8. The minimum atomic E-state index is 0.339. The Kier molecular flexibility index (Phi) is 5.88. The summed E-state index contributed by atoms with van der Waals surface area (Å²) in [6, 6.07) is 0.339. The first-order valence-corrected chi connectivity index (χ1v) is 6.93. The lowest BCUT2D eigenvalue weighted by atomic mass is 10.3. The number of nitrogens with two attached hydrogens (primary N) is 1. The number of methoxy groups -OCH3 is 1. The van der Waals surface area contributed by atoms with Crippen LogP contribution in [-0.2, 0) is 17.7 Å². The number of nitrogens with zero attached hydrogens (tertiary/aromatic N) is 2. The summed E-state index contributed by atoms with van der Waals surface area (Å²) in [5.41, 5.74) is 6.88. The molecule has 1 atom stereocenters. The molecule has 0 fully saturated rings. The molecular formula is C12H23N3OS. The number of ether oxygens (including phenoxy) is 1. The van der Waals surface area contributed by atoms with Gasteiger partial charge >= 0.3 is 0 Å². The van der Waals surface area contributed by atoms with E-state index in [4.69, 9.17) is 10.5 Å². The second-order valence-corrected chi connectivity index (χ2v) is 5.08. The van der Waals surface area contributed by atoms with Crippen molar-refractivity contribution in [2.45, 2.75) is 39.8 Å². The zero-order valence-corrected chi connectivity index (χ0v) is 12.0. The van der Waals surface area contributed by atoms with Crippen molar-refractivity contribution in [1.29, 1.82) is 0 Å². The number of hydrogen-bond donors (Lipinski definition) is 1. The van der Waals surface area contributed by atoms with Crippen LogP contribution in [0, 0.1) is 0 Å². The molecule has 5 heteroatoms. The maximum Gasteiger partial charge on any atom is 0.186 e. The highest BCUT2D eigenvalue weighted by atomic mass is 32.1. The fraction of sp³-hybridized carbons (Fsp3) is 0.750. The van der Waals surface area contributed by atoms with Gasteiger partial charge in [-0.1, -0.05) is 6.92 Å². The van der Waals surface area contributed by atoms with Gasteiger partial charge in [0, 0.05) is 25.1 Å². The molecule has 17 heavy (non-hydrogen) atoms. The van der Waals surface area contributed by atoms with E-state index < -0.39 is 0 Å². The lowest BCUT2D eigenvalue weighted by Gasteiger charge is -2.26. The molecule has 0 aliphatic carbocycles. The Morgan fingerprint density at radius 1 is 1.47 bits per heavy atom. The largest absolute Gasteiger partial charge is 0.383 e. The molecule has 4 nitrogen and oxygen atoms in total. The Morgan fingerprint density at radius 3 is 2.59 bits per heavy atom. The molecule has 0 bridgehead atoms. The van der Waals surface area contributed by atoms with Crippen molar-refractivity contribution in [2.24, 2.45) is 5.73 Å². The first-order valence-electron chi connectivity index (χ1n) is 6.12. The summed E-state index contributed by atoms with van der Waals surface area (Å²) in [4.78, 5) is 8.15. The molecule has 1 heterocycles. The van der Waals surface area contributed by atoms with E-state index in [1.54, 1.807) is 18.4 Å². The Balaban J connectivity index is 2.91. The fourth-order valence-corrected chi connectivity index (χ4v) is 3.09. The van der Waals surface area contributed by atoms with E-state index in [1.165, 1.54) is 4.88 Å². The van der Waals surface area contributed by atoms with E-state index in [-0.39, 0.29) is 0 Å². The molecule has 2 N–H and O–H groups in total. The van der Waals surface area contributed by atoms with Gasteiger partial charge in [0.2, 0.25) is 0 Å². The van der Waals surface area contributed by atoms with Gasteiger partial charge in [-0.2, -0.15) is 0 Å². The van der Waals surface area contributed by atoms with Gasteiger partial charge in [0.15, 0.2) is 5.13 Å². The average Bonchev–Trinajstić information content (AvgIpc) is 2.73. The summed E-state index contributed by atoms with van der Waals surface area (Å²) in [5, 5.41) is 1.06. The van der Waals surface area contributed by atoms with Crippen LogP contribution in [0.2, 0.25) is 0 Å². The van der Waals surface area contributed by atoms with Crippen molar-refractivity contribution in [3.05, 3.63) is 10.6 Å².